The maximum atomic E-state index is 12.6. The highest BCUT2D eigenvalue weighted by Crippen LogP contribution is 2.16. The number of amides is 1. The van der Waals surface area contributed by atoms with Gasteiger partial charge in [0.2, 0.25) is 0 Å². The van der Waals surface area contributed by atoms with Gasteiger partial charge in [-0.25, -0.2) is 9.97 Å². The monoisotopic (exact) mass is 366 g/mol. The van der Waals surface area contributed by atoms with Crippen LogP contribution in [0.25, 0.3) is 0 Å². The van der Waals surface area contributed by atoms with Crippen LogP contribution < -0.4 is 5.32 Å². The van der Waals surface area contributed by atoms with Gasteiger partial charge >= 0.3 is 0 Å². The Morgan fingerprint density at radius 3 is 2.58 bits per heavy atom. The van der Waals surface area contributed by atoms with Gasteiger partial charge in [-0.05, 0) is 17.2 Å². The molecule has 0 saturated carbocycles. The van der Waals surface area contributed by atoms with Crippen molar-refractivity contribution in [2.75, 3.05) is 12.4 Å². The summed E-state index contributed by atoms with van der Waals surface area (Å²) in [5, 5.41) is 3.87. The first-order chi connectivity index (χ1) is 12.6. The van der Waals surface area contributed by atoms with Crippen LogP contribution in [-0.4, -0.2) is 27.8 Å². The standard InChI is InChI=1S/C20H19ClN4O/c1-25(13-15-7-3-2-4-8-15)20(26)18-11-19(24-14-23-18)22-12-16-9-5-6-10-17(16)21/h2-11,14H,12-13H2,1H3,(H,22,23,24). The molecule has 2 aromatic carbocycles. The van der Waals surface area contributed by atoms with Crippen LogP contribution in [0.5, 0.6) is 0 Å². The van der Waals surface area contributed by atoms with E-state index in [1.54, 1.807) is 18.0 Å². The van der Waals surface area contributed by atoms with E-state index < -0.39 is 0 Å². The Morgan fingerprint density at radius 2 is 1.81 bits per heavy atom. The van der Waals surface area contributed by atoms with Gasteiger partial charge in [0.1, 0.15) is 17.8 Å². The molecule has 1 amide bonds. The number of aromatic nitrogens is 2. The lowest BCUT2D eigenvalue weighted by molar-refractivity contribution is 0.0779. The maximum Gasteiger partial charge on any atom is 0.272 e. The largest absolute Gasteiger partial charge is 0.366 e. The molecule has 1 N–H and O–H groups in total. The second-order valence-electron chi connectivity index (χ2n) is 5.88. The average molecular weight is 367 g/mol. The van der Waals surface area contributed by atoms with E-state index >= 15 is 0 Å². The van der Waals surface area contributed by atoms with Crippen LogP contribution in [0.15, 0.2) is 67.0 Å². The Balaban J connectivity index is 1.66. The first-order valence-corrected chi connectivity index (χ1v) is 8.60. The number of nitrogens with one attached hydrogen (secondary N) is 1. The Kier molecular flexibility index (Phi) is 5.81. The molecule has 132 valence electrons. The quantitative estimate of drug-likeness (QED) is 0.716. The lowest BCUT2D eigenvalue weighted by atomic mass is 10.2. The minimum atomic E-state index is -0.156. The van der Waals surface area contributed by atoms with Crippen molar-refractivity contribution >= 4 is 23.3 Å². The van der Waals surface area contributed by atoms with E-state index in [4.69, 9.17) is 11.6 Å². The number of nitrogens with zero attached hydrogens (tertiary/aromatic N) is 3. The van der Waals surface area contributed by atoms with Crippen molar-refractivity contribution in [1.82, 2.24) is 14.9 Å². The first-order valence-electron chi connectivity index (χ1n) is 8.22. The lowest BCUT2D eigenvalue weighted by Gasteiger charge is -2.17. The highest BCUT2D eigenvalue weighted by molar-refractivity contribution is 6.31. The van der Waals surface area contributed by atoms with Gasteiger partial charge in [-0.3, -0.25) is 4.79 Å². The third-order valence-electron chi connectivity index (χ3n) is 3.91. The summed E-state index contributed by atoms with van der Waals surface area (Å²) in [6.45, 7) is 1.04. The summed E-state index contributed by atoms with van der Waals surface area (Å²) in [4.78, 5) is 22.5. The molecule has 0 fully saturated rings. The molecule has 0 saturated heterocycles. The molecule has 0 atom stereocenters. The number of carbonyl (C=O) groups is 1. The van der Waals surface area contributed by atoms with Gasteiger partial charge in [0.25, 0.3) is 5.91 Å². The summed E-state index contributed by atoms with van der Waals surface area (Å²) >= 11 is 6.16. The van der Waals surface area contributed by atoms with Crippen LogP contribution in [0, 0.1) is 0 Å². The van der Waals surface area contributed by atoms with Crippen molar-refractivity contribution in [2.24, 2.45) is 0 Å². The molecule has 3 aromatic rings. The molecule has 0 bridgehead atoms. The van der Waals surface area contributed by atoms with Crippen LogP contribution in [0.4, 0.5) is 5.82 Å². The van der Waals surface area contributed by atoms with Crippen LogP contribution in [-0.2, 0) is 13.1 Å². The molecule has 0 unspecified atom stereocenters. The van der Waals surface area contributed by atoms with Crippen LogP contribution in [0.2, 0.25) is 5.02 Å². The molecular weight excluding hydrogens is 348 g/mol. The lowest BCUT2D eigenvalue weighted by Crippen LogP contribution is -2.27. The third kappa shape index (κ3) is 4.58. The second kappa shape index (κ2) is 8.45. The fourth-order valence-electron chi connectivity index (χ4n) is 2.52. The number of anilines is 1. The summed E-state index contributed by atoms with van der Waals surface area (Å²) in [5.41, 5.74) is 2.37. The number of carbonyl (C=O) groups excluding carboxylic acids is 1. The van der Waals surface area contributed by atoms with E-state index in [2.05, 4.69) is 15.3 Å². The van der Waals surface area contributed by atoms with E-state index in [1.165, 1.54) is 6.33 Å². The molecule has 0 aliphatic rings. The maximum absolute atomic E-state index is 12.6. The summed E-state index contributed by atoms with van der Waals surface area (Å²) in [6.07, 6.45) is 1.39. The van der Waals surface area contributed by atoms with Gasteiger partial charge in [0.15, 0.2) is 0 Å². The van der Waals surface area contributed by atoms with Crippen molar-refractivity contribution < 1.29 is 4.79 Å². The number of benzene rings is 2. The topological polar surface area (TPSA) is 58.1 Å². The Hall–Kier alpha value is -2.92. The normalized spacial score (nSPS) is 10.4. The smallest absolute Gasteiger partial charge is 0.272 e. The molecule has 0 aliphatic heterocycles. The zero-order valence-corrected chi connectivity index (χ0v) is 15.1. The fraction of sp³-hybridized carbons (Fsp3) is 0.150. The van der Waals surface area contributed by atoms with Gasteiger partial charge in [0.05, 0.1) is 0 Å². The third-order valence-corrected chi connectivity index (χ3v) is 4.28. The van der Waals surface area contributed by atoms with Crippen LogP contribution in [0.3, 0.4) is 0 Å². The summed E-state index contributed by atoms with van der Waals surface area (Å²) in [6, 6.07) is 19.1. The van der Waals surface area contributed by atoms with Crippen molar-refractivity contribution in [3.05, 3.63) is 88.8 Å². The van der Waals surface area contributed by atoms with Crippen molar-refractivity contribution in [3.63, 3.8) is 0 Å². The van der Waals surface area contributed by atoms with E-state index in [9.17, 15) is 4.79 Å². The fourth-order valence-corrected chi connectivity index (χ4v) is 2.73. The summed E-state index contributed by atoms with van der Waals surface area (Å²) in [5.74, 6) is 0.424. The average Bonchev–Trinajstić information content (AvgIpc) is 2.68. The minimum absolute atomic E-state index is 0.156. The van der Waals surface area contributed by atoms with Gasteiger partial charge in [-0.15, -0.1) is 0 Å². The number of rotatable bonds is 6. The van der Waals surface area contributed by atoms with Gasteiger partial charge in [-0.1, -0.05) is 60.1 Å². The van der Waals surface area contributed by atoms with Crippen molar-refractivity contribution in [2.45, 2.75) is 13.1 Å². The molecule has 0 aliphatic carbocycles. The van der Waals surface area contributed by atoms with E-state index in [1.807, 2.05) is 54.6 Å². The second-order valence-corrected chi connectivity index (χ2v) is 6.29. The van der Waals surface area contributed by atoms with Gasteiger partial charge < -0.3 is 10.2 Å². The summed E-state index contributed by atoms with van der Waals surface area (Å²) < 4.78 is 0. The number of hydrogen-bond acceptors (Lipinski definition) is 4. The van der Waals surface area contributed by atoms with E-state index in [0.717, 1.165) is 11.1 Å². The Morgan fingerprint density at radius 1 is 1.08 bits per heavy atom. The molecule has 1 heterocycles. The number of halogens is 1. The molecule has 3 rings (SSSR count). The molecule has 1 aromatic heterocycles. The van der Waals surface area contributed by atoms with E-state index in [-0.39, 0.29) is 5.91 Å². The van der Waals surface area contributed by atoms with Crippen molar-refractivity contribution in [3.8, 4) is 0 Å². The van der Waals surface area contributed by atoms with Gasteiger partial charge in [0, 0.05) is 31.2 Å². The molecule has 6 heteroatoms. The Labute approximate surface area is 157 Å². The minimum Gasteiger partial charge on any atom is -0.366 e. The van der Waals surface area contributed by atoms with Crippen molar-refractivity contribution in [1.29, 1.82) is 0 Å². The van der Waals surface area contributed by atoms with Crippen LogP contribution >= 0.6 is 11.6 Å². The predicted octanol–water partition coefficient (Wildman–Crippen LogP) is 4.01. The number of hydrogen-bond donors (Lipinski definition) is 1. The molecule has 5 nitrogen and oxygen atoms in total. The predicted molar refractivity (Wildman–Crippen MR) is 103 cm³/mol. The SMILES string of the molecule is CN(Cc1ccccc1)C(=O)c1cc(NCc2ccccc2Cl)ncn1. The first kappa shape index (κ1) is 17.9. The Bertz CT molecular complexity index is 886. The zero-order chi connectivity index (χ0) is 18.4. The molecule has 26 heavy (non-hydrogen) atoms. The molecular formula is C20H19ClN4O. The highest BCUT2D eigenvalue weighted by atomic mass is 35.5. The molecule has 0 spiro atoms. The molecule has 0 radical (unpaired) electrons. The van der Waals surface area contributed by atoms with Gasteiger partial charge in [-0.2, -0.15) is 0 Å². The summed E-state index contributed by atoms with van der Waals surface area (Å²) in [7, 11) is 1.76. The van der Waals surface area contributed by atoms with Crippen LogP contribution in [0.1, 0.15) is 21.6 Å². The highest BCUT2D eigenvalue weighted by Gasteiger charge is 2.14. The van der Waals surface area contributed by atoms with E-state index in [0.29, 0.717) is 29.6 Å². The zero-order valence-electron chi connectivity index (χ0n) is 14.4.